The molecular weight excluding hydrogens is 492 g/mol. The third-order valence-corrected chi connectivity index (χ3v) is 6.62. The zero-order valence-corrected chi connectivity index (χ0v) is 22.7. The summed E-state index contributed by atoms with van der Waals surface area (Å²) in [5, 5.41) is 14.9. The van der Waals surface area contributed by atoms with Crippen molar-refractivity contribution in [2.75, 3.05) is 55.7 Å². The van der Waals surface area contributed by atoms with Gasteiger partial charge < -0.3 is 31.5 Å². The molecule has 3 amide bonds. The number of rotatable bonds is 11. The fourth-order valence-electron chi connectivity index (χ4n) is 4.47. The maximum atomic E-state index is 12.9. The molecule has 4 rings (SSSR count). The van der Waals surface area contributed by atoms with Crippen LogP contribution in [0.25, 0.3) is 11.3 Å². The van der Waals surface area contributed by atoms with E-state index in [1.165, 1.54) is 19.3 Å². The number of urea groups is 1. The number of carbonyl (C=O) groups excluding carboxylic acids is 2. The first-order chi connectivity index (χ1) is 19.1. The van der Waals surface area contributed by atoms with Gasteiger partial charge in [-0.2, -0.15) is 0 Å². The molecule has 0 bridgehead atoms. The number of nitrogens with zero attached hydrogens (tertiary/aromatic N) is 3. The fraction of sp³-hybridized carbons (Fsp3) is 0.379. The standard InChI is InChI=1S/C29H38N8O2/c1-3-31-27-24(28(38)32-15-18-37-16-5-4-6-17-37)12-13-25(36-27)22-8-10-23(11-9-22)35-29(39)34-20-21-7-14-26(30-2)33-19-21/h7-14,19H,3-6,15-18,20H2,1-2H3,(H,30,33)(H,31,36)(H,32,38)(H2,34,35,39). The molecule has 0 unspecified atom stereocenters. The molecule has 5 N–H and O–H groups in total. The van der Waals surface area contributed by atoms with Crippen LogP contribution in [-0.4, -0.2) is 66.6 Å². The predicted molar refractivity (Wildman–Crippen MR) is 156 cm³/mol. The lowest BCUT2D eigenvalue weighted by Gasteiger charge is -2.26. The number of anilines is 3. The minimum absolute atomic E-state index is 0.124. The van der Waals surface area contributed by atoms with Crippen molar-refractivity contribution in [2.45, 2.75) is 32.7 Å². The van der Waals surface area contributed by atoms with Crippen LogP contribution in [-0.2, 0) is 6.54 Å². The van der Waals surface area contributed by atoms with Crippen LogP contribution in [0.2, 0.25) is 0 Å². The molecule has 1 aromatic carbocycles. The van der Waals surface area contributed by atoms with Crippen LogP contribution in [0.1, 0.15) is 42.1 Å². The Morgan fingerprint density at radius 1 is 0.949 bits per heavy atom. The monoisotopic (exact) mass is 530 g/mol. The lowest BCUT2D eigenvalue weighted by Crippen LogP contribution is -2.37. The minimum Gasteiger partial charge on any atom is -0.373 e. The average Bonchev–Trinajstić information content (AvgIpc) is 2.97. The molecule has 0 spiro atoms. The van der Waals surface area contributed by atoms with E-state index in [2.05, 4.69) is 36.5 Å². The average molecular weight is 531 g/mol. The zero-order valence-electron chi connectivity index (χ0n) is 22.7. The fourth-order valence-corrected chi connectivity index (χ4v) is 4.47. The second-order valence-electron chi connectivity index (χ2n) is 9.47. The normalized spacial score (nSPS) is 13.4. The van der Waals surface area contributed by atoms with Gasteiger partial charge in [0.1, 0.15) is 11.6 Å². The summed E-state index contributed by atoms with van der Waals surface area (Å²) >= 11 is 0. The molecule has 10 heteroatoms. The minimum atomic E-state index is -0.302. The Kier molecular flexibility index (Phi) is 10.1. The largest absolute Gasteiger partial charge is 0.373 e. The molecule has 0 aliphatic carbocycles. The van der Waals surface area contributed by atoms with E-state index in [1.807, 2.05) is 62.5 Å². The number of hydrogen-bond acceptors (Lipinski definition) is 7. The SMILES string of the molecule is CCNc1nc(-c2ccc(NC(=O)NCc3ccc(NC)nc3)cc2)ccc1C(=O)NCCN1CCCCC1. The quantitative estimate of drug-likeness (QED) is 0.252. The lowest BCUT2D eigenvalue weighted by atomic mass is 10.1. The van der Waals surface area contributed by atoms with E-state index < -0.39 is 0 Å². The first-order valence-electron chi connectivity index (χ1n) is 13.6. The summed E-state index contributed by atoms with van der Waals surface area (Å²) in [5.41, 5.74) is 3.72. The molecule has 2 aromatic heterocycles. The molecule has 206 valence electrons. The van der Waals surface area contributed by atoms with Gasteiger partial charge in [0.25, 0.3) is 5.91 Å². The number of nitrogens with one attached hydrogen (secondary N) is 5. The second kappa shape index (κ2) is 14.1. The highest BCUT2D eigenvalue weighted by Gasteiger charge is 2.15. The Labute approximate surface area is 230 Å². The number of carbonyl (C=O) groups is 2. The van der Waals surface area contributed by atoms with Gasteiger partial charge in [-0.3, -0.25) is 4.79 Å². The molecule has 1 saturated heterocycles. The Bertz CT molecular complexity index is 1230. The van der Waals surface area contributed by atoms with Crippen LogP contribution in [0.15, 0.2) is 54.7 Å². The summed E-state index contributed by atoms with van der Waals surface area (Å²) in [6, 6.07) is 14.6. The van der Waals surface area contributed by atoms with Gasteiger partial charge in [0, 0.05) is 50.7 Å². The Morgan fingerprint density at radius 3 is 2.44 bits per heavy atom. The van der Waals surface area contributed by atoms with E-state index >= 15 is 0 Å². The number of aromatic nitrogens is 2. The van der Waals surface area contributed by atoms with Gasteiger partial charge in [0.15, 0.2) is 0 Å². The zero-order chi connectivity index (χ0) is 27.5. The first-order valence-corrected chi connectivity index (χ1v) is 13.6. The number of hydrogen-bond donors (Lipinski definition) is 5. The van der Waals surface area contributed by atoms with Crippen LogP contribution < -0.4 is 26.6 Å². The Morgan fingerprint density at radius 2 is 1.74 bits per heavy atom. The maximum absolute atomic E-state index is 12.9. The molecule has 0 saturated carbocycles. The molecule has 1 fully saturated rings. The highest BCUT2D eigenvalue weighted by Crippen LogP contribution is 2.24. The van der Waals surface area contributed by atoms with Crippen molar-refractivity contribution in [3.8, 4) is 11.3 Å². The molecule has 3 heterocycles. The Balaban J connectivity index is 1.32. The number of likely N-dealkylation sites (tertiary alicyclic amines) is 1. The smallest absolute Gasteiger partial charge is 0.319 e. The van der Waals surface area contributed by atoms with Crippen LogP contribution in [0.3, 0.4) is 0 Å². The summed E-state index contributed by atoms with van der Waals surface area (Å²) in [6.45, 7) is 6.70. The summed E-state index contributed by atoms with van der Waals surface area (Å²) in [5.74, 6) is 1.21. The third kappa shape index (κ3) is 8.15. The predicted octanol–water partition coefficient (Wildman–Crippen LogP) is 4.15. The summed E-state index contributed by atoms with van der Waals surface area (Å²) in [6.07, 6.45) is 5.49. The van der Waals surface area contributed by atoms with Gasteiger partial charge >= 0.3 is 6.03 Å². The second-order valence-corrected chi connectivity index (χ2v) is 9.47. The van der Waals surface area contributed by atoms with Gasteiger partial charge in [-0.25, -0.2) is 14.8 Å². The van der Waals surface area contributed by atoms with Gasteiger partial charge in [-0.05, 0) is 68.8 Å². The number of pyridine rings is 2. The van der Waals surface area contributed by atoms with Gasteiger partial charge in [0.05, 0.1) is 11.3 Å². The number of piperidine rings is 1. The van der Waals surface area contributed by atoms with Crippen molar-refractivity contribution >= 4 is 29.3 Å². The molecule has 10 nitrogen and oxygen atoms in total. The van der Waals surface area contributed by atoms with Crippen molar-refractivity contribution in [1.82, 2.24) is 25.5 Å². The first kappa shape index (κ1) is 27.8. The summed E-state index contributed by atoms with van der Waals surface area (Å²) in [4.78, 5) is 36.6. The van der Waals surface area contributed by atoms with Gasteiger partial charge in [-0.1, -0.05) is 24.6 Å². The van der Waals surface area contributed by atoms with E-state index in [4.69, 9.17) is 4.98 Å². The van der Waals surface area contributed by atoms with E-state index in [0.717, 1.165) is 42.3 Å². The van der Waals surface area contributed by atoms with Crippen molar-refractivity contribution in [2.24, 2.45) is 0 Å². The molecule has 0 radical (unpaired) electrons. The van der Waals surface area contributed by atoms with Crippen molar-refractivity contribution in [3.05, 3.63) is 65.9 Å². The molecular formula is C29H38N8O2. The lowest BCUT2D eigenvalue weighted by molar-refractivity contribution is 0.0947. The molecule has 3 aromatic rings. The van der Waals surface area contributed by atoms with Gasteiger partial charge in [-0.15, -0.1) is 0 Å². The van der Waals surface area contributed by atoms with E-state index in [0.29, 0.717) is 36.7 Å². The highest BCUT2D eigenvalue weighted by molar-refractivity contribution is 5.99. The molecule has 39 heavy (non-hydrogen) atoms. The van der Waals surface area contributed by atoms with Crippen LogP contribution >= 0.6 is 0 Å². The molecule has 0 atom stereocenters. The van der Waals surface area contributed by atoms with E-state index in [1.54, 1.807) is 6.20 Å². The third-order valence-electron chi connectivity index (χ3n) is 6.62. The Hall–Kier alpha value is -4.18. The van der Waals surface area contributed by atoms with E-state index in [9.17, 15) is 9.59 Å². The highest BCUT2D eigenvalue weighted by atomic mass is 16.2. The van der Waals surface area contributed by atoms with Crippen LogP contribution in [0.5, 0.6) is 0 Å². The van der Waals surface area contributed by atoms with Crippen LogP contribution in [0.4, 0.5) is 22.1 Å². The number of amides is 3. The summed E-state index contributed by atoms with van der Waals surface area (Å²) in [7, 11) is 1.81. The van der Waals surface area contributed by atoms with Crippen LogP contribution in [0, 0.1) is 0 Å². The number of benzene rings is 1. The van der Waals surface area contributed by atoms with Crippen molar-refractivity contribution in [1.29, 1.82) is 0 Å². The van der Waals surface area contributed by atoms with Crippen molar-refractivity contribution in [3.63, 3.8) is 0 Å². The van der Waals surface area contributed by atoms with Crippen molar-refractivity contribution < 1.29 is 9.59 Å². The van der Waals surface area contributed by atoms with E-state index in [-0.39, 0.29) is 11.9 Å². The summed E-state index contributed by atoms with van der Waals surface area (Å²) < 4.78 is 0. The topological polar surface area (TPSA) is 123 Å². The maximum Gasteiger partial charge on any atom is 0.319 e. The van der Waals surface area contributed by atoms with Gasteiger partial charge in [0.2, 0.25) is 0 Å². The molecule has 1 aliphatic heterocycles. The molecule has 1 aliphatic rings.